The maximum absolute atomic E-state index is 12.7. The summed E-state index contributed by atoms with van der Waals surface area (Å²) in [5.41, 5.74) is 3.63. The van der Waals surface area contributed by atoms with Crippen molar-refractivity contribution in [1.82, 2.24) is 9.78 Å². The van der Waals surface area contributed by atoms with Crippen molar-refractivity contribution in [3.05, 3.63) is 46.2 Å². The van der Waals surface area contributed by atoms with Crippen molar-refractivity contribution < 1.29 is 4.79 Å². The summed E-state index contributed by atoms with van der Waals surface area (Å²) in [7, 11) is 0. The van der Waals surface area contributed by atoms with Crippen LogP contribution in [0.15, 0.2) is 24.3 Å². The number of nitrogens with zero attached hydrogens (tertiary/aromatic N) is 2. The van der Waals surface area contributed by atoms with Crippen molar-refractivity contribution in [1.29, 1.82) is 0 Å². The van der Waals surface area contributed by atoms with E-state index in [0.717, 1.165) is 29.1 Å². The number of benzene rings is 1. The van der Waals surface area contributed by atoms with Crippen LogP contribution in [0.25, 0.3) is 5.69 Å². The molecule has 1 aromatic heterocycles. The normalized spacial score (nSPS) is 16.9. The van der Waals surface area contributed by atoms with Gasteiger partial charge in [0.05, 0.1) is 22.6 Å². The van der Waals surface area contributed by atoms with Gasteiger partial charge in [-0.15, -0.1) is 0 Å². The minimum atomic E-state index is -0.0330. The van der Waals surface area contributed by atoms with Gasteiger partial charge in [-0.2, -0.15) is 5.10 Å². The highest BCUT2D eigenvalue weighted by Crippen LogP contribution is 2.38. The van der Waals surface area contributed by atoms with Crippen LogP contribution in [0, 0.1) is 5.41 Å². The van der Waals surface area contributed by atoms with E-state index in [0.29, 0.717) is 11.4 Å². The predicted molar refractivity (Wildman–Crippen MR) is 89.1 cm³/mol. The molecule has 0 saturated carbocycles. The Balaban J connectivity index is 2.24. The van der Waals surface area contributed by atoms with Gasteiger partial charge in [-0.05, 0) is 36.0 Å². The maximum atomic E-state index is 12.7. The summed E-state index contributed by atoms with van der Waals surface area (Å²) in [6.45, 7) is 8.44. The Kier molecular flexibility index (Phi) is 3.64. The molecule has 0 bridgehead atoms. The highest BCUT2D eigenvalue weighted by atomic mass is 35.5. The smallest absolute Gasteiger partial charge is 0.167 e. The van der Waals surface area contributed by atoms with Gasteiger partial charge in [0.15, 0.2) is 5.78 Å². The molecule has 0 aliphatic heterocycles. The van der Waals surface area contributed by atoms with Gasteiger partial charge >= 0.3 is 0 Å². The average Bonchev–Trinajstić information content (AvgIpc) is 2.76. The Hall–Kier alpha value is -1.61. The van der Waals surface area contributed by atoms with E-state index in [1.807, 2.05) is 28.9 Å². The molecule has 1 heterocycles. The molecule has 0 amide bonds. The van der Waals surface area contributed by atoms with Crippen LogP contribution in [0.3, 0.4) is 0 Å². The van der Waals surface area contributed by atoms with Crippen LogP contribution in [0.5, 0.6) is 0 Å². The topological polar surface area (TPSA) is 34.9 Å². The molecule has 3 nitrogen and oxygen atoms in total. The lowest BCUT2D eigenvalue weighted by Crippen LogP contribution is -2.28. The maximum Gasteiger partial charge on any atom is 0.167 e. The number of aromatic nitrogens is 2. The molecule has 0 saturated heterocycles. The van der Waals surface area contributed by atoms with Crippen LogP contribution in [0.1, 0.15) is 61.8 Å². The third-order valence-electron chi connectivity index (χ3n) is 4.17. The van der Waals surface area contributed by atoms with E-state index >= 15 is 0 Å². The van der Waals surface area contributed by atoms with E-state index < -0.39 is 0 Å². The van der Waals surface area contributed by atoms with Gasteiger partial charge in [-0.3, -0.25) is 4.79 Å². The van der Waals surface area contributed by atoms with Crippen LogP contribution >= 0.6 is 11.6 Å². The van der Waals surface area contributed by atoms with Crippen molar-refractivity contribution in [2.45, 2.75) is 46.5 Å². The number of ketones is 1. The molecule has 0 atom stereocenters. The van der Waals surface area contributed by atoms with Crippen LogP contribution in [-0.2, 0) is 6.42 Å². The first kappa shape index (κ1) is 15.3. The Morgan fingerprint density at radius 1 is 1.27 bits per heavy atom. The van der Waals surface area contributed by atoms with Crippen LogP contribution < -0.4 is 0 Å². The molecule has 3 rings (SSSR count). The second kappa shape index (κ2) is 5.24. The summed E-state index contributed by atoms with van der Waals surface area (Å²) in [5.74, 6) is 0.433. The largest absolute Gasteiger partial charge is 0.294 e. The SMILES string of the molecule is CC(C)c1nn(-c2cccc(Cl)c2)c2c1C(=O)CC(C)(C)C2. The lowest BCUT2D eigenvalue weighted by atomic mass is 9.75. The van der Waals surface area contributed by atoms with Gasteiger partial charge in [0.25, 0.3) is 0 Å². The van der Waals surface area contributed by atoms with E-state index in [4.69, 9.17) is 16.7 Å². The Labute approximate surface area is 136 Å². The molecule has 0 fully saturated rings. The highest BCUT2D eigenvalue weighted by molar-refractivity contribution is 6.30. The summed E-state index contributed by atoms with van der Waals surface area (Å²) in [6, 6.07) is 7.64. The summed E-state index contributed by atoms with van der Waals surface area (Å²) in [6.07, 6.45) is 1.43. The summed E-state index contributed by atoms with van der Waals surface area (Å²) in [5, 5.41) is 5.43. The lowest BCUT2D eigenvalue weighted by Gasteiger charge is -2.29. The lowest BCUT2D eigenvalue weighted by molar-refractivity contribution is 0.0909. The molecular formula is C18H21ClN2O. The molecule has 2 aromatic rings. The Morgan fingerprint density at radius 2 is 2.00 bits per heavy atom. The molecule has 22 heavy (non-hydrogen) atoms. The van der Waals surface area contributed by atoms with Gasteiger partial charge in [0.2, 0.25) is 0 Å². The number of carbonyl (C=O) groups excluding carboxylic acids is 1. The van der Waals surface area contributed by atoms with Crippen molar-refractivity contribution >= 4 is 17.4 Å². The first-order valence-corrected chi connectivity index (χ1v) is 8.07. The van der Waals surface area contributed by atoms with E-state index in [9.17, 15) is 4.79 Å². The van der Waals surface area contributed by atoms with Gasteiger partial charge in [-0.25, -0.2) is 4.68 Å². The fourth-order valence-electron chi connectivity index (χ4n) is 3.20. The summed E-state index contributed by atoms with van der Waals surface area (Å²) >= 11 is 6.12. The van der Waals surface area contributed by atoms with Gasteiger partial charge in [0, 0.05) is 11.4 Å². The molecule has 1 aliphatic rings. The first-order chi connectivity index (χ1) is 10.3. The van der Waals surface area contributed by atoms with E-state index in [1.54, 1.807) is 0 Å². The number of Topliss-reactive ketones (excluding diaryl/α,β-unsaturated/α-hetero) is 1. The summed E-state index contributed by atoms with van der Waals surface area (Å²) in [4.78, 5) is 12.7. The van der Waals surface area contributed by atoms with E-state index in [2.05, 4.69) is 27.7 Å². The molecule has 4 heteroatoms. The fraction of sp³-hybridized carbons (Fsp3) is 0.444. The molecule has 116 valence electrons. The Bertz CT molecular complexity index is 744. The van der Waals surface area contributed by atoms with E-state index in [1.165, 1.54) is 0 Å². The molecule has 0 N–H and O–H groups in total. The van der Waals surface area contributed by atoms with Gasteiger partial charge in [0.1, 0.15) is 0 Å². The zero-order valence-electron chi connectivity index (χ0n) is 13.5. The molecule has 1 aliphatic carbocycles. The number of hydrogen-bond donors (Lipinski definition) is 0. The molecule has 0 unspecified atom stereocenters. The highest BCUT2D eigenvalue weighted by Gasteiger charge is 2.37. The zero-order valence-corrected chi connectivity index (χ0v) is 14.2. The number of hydrogen-bond acceptors (Lipinski definition) is 2. The van der Waals surface area contributed by atoms with E-state index in [-0.39, 0.29) is 17.1 Å². The molecule has 0 radical (unpaired) electrons. The first-order valence-electron chi connectivity index (χ1n) is 7.69. The number of carbonyl (C=O) groups is 1. The molecule has 1 aromatic carbocycles. The molecular weight excluding hydrogens is 296 g/mol. The third kappa shape index (κ3) is 2.58. The second-order valence-corrected chi connectivity index (χ2v) is 7.63. The minimum absolute atomic E-state index is 0.0330. The fourth-order valence-corrected chi connectivity index (χ4v) is 3.39. The van der Waals surface area contributed by atoms with Crippen molar-refractivity contribution in [3.8, 4) is 5.69 Å². The average molecular weight is 317 g/mol. The minimum Gasteiger partial charge on any atom is -0.294 e. The van der Waals surface area contributed by atoms with Crippen LogP contribution in [0.4, 0.5) is 0 Å². The number of rotatable bonds is 2. The zero-order chi connectivity index (χ0) is 16.1. The Morgan fingerprint density at radius 3 is 2.64 bits per heavy atom. The van der Waals surface area contributed by atoms with Gasteiger partial charge in [-0.1, -0.05) is 45.4 Å². The third-order valence-corrected chi connectivity index (χ3v) is 4.41. The van der Waals surface area contributed by atoms with Gasteiger partial charge < -0.3 is 0 Å². The quantitative estimate of drug-likeness (QED) is 0.797. The predicted octanol–water partition coefficient (Wildman–Crippen LogP) is 4.80. The van der Waals surface area contributed by atoms with Crippen LogP contribution in [0.2, 0.25) is 5.02 Å². The van der Waals surface area contributed by atoms with Crippen LogP contribution in [-0.4, -0.2) is 15.6 Å². The second-order valence-electron chi connectivity index (χ2n) is 7.19. The number of fused-ring (bicyclic) bond motifs is 1. The van der Waals surface area contributed by atoms with Crippen molar-refractivity contribution in [2.75, 3.05) is 0 Å². The molecule has 0 spiro atoms. The van der Waals surface area contributed by atoms with Crippen molar-refractivity contribution in [2.24, 2.45) is 5.41 Å². The van der Waals surface area contributed by atoms with Crippen molar-refractivity contribution in [3.63, 3.8) is 0 Å². The standard InChI is InChI=1S/C18H21ClN2O/c1-11(2)17-16-14(9-18(3,4)10-15(16)22)21(20-17)13-7-5-6-12(19)8-13/h5-8,11H,9-10H2,1-4H3. The monoisotopic (exact) mass is 316 g/mol. The number of halogens is 1. The summed E-state index contributed by atoms with van der Waals surface area (Å²) < 4.78 is 1.91.